The molecule has 4 atom stereocenters. The number of aldehydes is 1. The fourth-order valence-electron chi connectivity index (χ4n) is 2.24. The number of hydrogen-bond acceptors (Lipinski definition) is 7. The van der Waals surface area contributed by atoms with Gasteiger partial charge in [-0.25, -0.2) is 0 Å². The van der Waals surface area contributed by atoms with Crippen LogP contribution in [-0.4, -0.2) is 63.6 Å². The van der Waals surface area contributed by atoms with Gasteiger partial charge in [-0.2, -0.15) is 0 Å². The van der Waals surface area contributed by atoms with E-state index >= 15 is 0 Å². The molecule has 0 saturated carbocycles. The second-order valence-electron chi connectivity index (χ2n) is 6.05. The Hall–Kier alpha value is -2.98. The molecule has 0 aliphatic carbocycles. The Bertz CT molecular complexity index is 676. The maximum Gasteiger partial charge on any atom is 0.305 e. The van der Waals surface area contributed by atoms with Gasteiger partial charge in [0.05, 0.1) is 24.6 Å². The summed E-state index contributed by atoms with van der Waals surface area (Å²) < 4.78 is 0. The lowest BCUT2D eigenvalue weighted by Crippen LogP contribution is -2.57. The predicted octanol–water partition coefficient (Wildman–Crippen LogP) is -1.71. The maximum atomic E-state index is 12.2. The highest BCUT2D eigenvalue weighted by atomic mass is 16.4. The van der Waals surface area contributed by atoms with Gasteiger partial charge in [-0.1, -0.05) is 12.1 Å². The molecule has 0 unspecified atom stereocenters. The number of aliphatic hydroxyl groups is 1. The third-order valence-electron chi connectivity index (χ3n) is 3.68. The summed E-state index contributed by atoms with van der Waals surface area (Å²) >= 11 is 0. The van der Waals surface area contributed by atoms with E-state index in [0.29, 0.717) is 5.56 Å². The molecule has 2 amide bonds. The molecule has 1 rings (SSSR count). The molecule has 27 heavy (non-hydrogen) atoms. The zero-order valence-corrected chi connectivity index (χ0v) is 14.7. The molecule has 1 aromatic carbocycles. The van der Waals surface area contributed by atoms with Crippen LogP contribution in [0.3, 0.4) is 0 Å². The van der Waals surface area contributed by atoms with E-state index in [1.165, 1.54) is 19.1 Å². The van der Waals surface area contributed by atoms with Crippen LogP contribution in [0.1, 0.15) is 18.9 Å². The molecule has 7 N–H and O–H groups in total. The van der Waals surface area contributed by atoms with Gasteiger partial charge < -0.3 is 36.5 Å². The Balaban J connectivity index is 2.72. The molecule has 0 bridgehead atoms. The summed E-state index contributed by atoms with van der Waals surface area (Å²) in [6, 6.07) is 2.30. The molecule has 0 spiro atoms. The largest absolute Gasteiger partial charge is 0.508 e. The van der Waals surface area contributed by atoms with E-state index in [1.54, 1.807) is 12.1 Å². The van der Waals surface area contributed by atoms with Gasteiger partial charge in [0, 0.05) is 0 Å². The number of phenols is 1. The lowest BCUT2D eigenvalue weighted by atomic mass is 10.0. The smallest absolute Gasteiger partial charge is 0.305 e. The van der Waals surface area contributed by atoms with Gasteiger partial charge in [-0.3, -0.25) is 14.4 Å². The molecule has 148 valence electrons. The van der Waals surface area contributed by atoms with Crippen LogP contribution in [0.25, 0.3) is 0 Å². The molecular formula is C17H23N3O7. The normalized spacial score (nSPS) is 15.1. The number of amides is 2. The maximum absolute atomic E-state index is 12.2. The number of carbonyl (C=O) groups is 4. The standard InChI is InChI=1S/C17H23N3O7/c1-9(22)15(17(27)19-11(8-21)7-14(24)25)20-16(26)13(18)6-10-2-4-12(23)5-3-10/h2-5,8-9,11,13,15,22-23H,6-7,18H2,1H3,(H,19,27)(H,20,26)(H,24,25)/t9-,11-,13+,15+/m1/s1. The number of rotatable bonds is 10. The monoisotopic (exact) mass is 381 g/mol. The van der Waals surface area contributed by atoms with Crippen LogP contribution < -0.4 is 16.4 Å². The minimum atomic E-state index is -1.42. The van der Waals surface area contributed by atoms with Crippen LogP contribution in [0.15, 0.2) is 24.3 Å². The summed E-state index contributed by atoms with van der Waals surface area (Å²) in [5.74, 6) is -2.85. The molecule has 0 aliphatic rings. The zero-order valence-electron chi connectivity index (χ0n) is 14.7. The van der Waals surface area contributed by atoms with Gasteiger partial charge >= 0.3 is 5.97 Å². The zero-order chi connectivity index (χ0) is 20.6. The fourth-order valence-corrected chi connectivity index (χ4v) is 2.24. The van der Waals surface area contributed by atoms with Crippen molar-refractivity contribution in [3.05, 3.63) is 29.8 Å². The van der Waals surface area contributed by atoms with Gasteiger partial charge in [-0.05, 0) is 31.0 Å². The number of aliphatic hydroxyl groups excluding tert-OH is 1. The number of aliphatic carboxylic acids is 1. The summed E-state index contributed by atoms with van der Waals surface area (Å²) in [5.41, 5.74) is 6.48. The van der Waals surface area contributed by atoms with Crippen molar-refractivity contribution in [2.75, 3.05) is 0 Å². The molecule has 10 nitrogen and oxygen atoms in total. The first kappa shape index (κ1) is 22.1. The van der Waals surface area contributed by atoms with Crippen LogP contribution in [0.5, 0.6) is 5.75 Å². The van der Waals surface area contributed by atoms with Crippen molar-refractivity contribution in [2.24, 2.45) is 5.73 Å². The average molecular weight is 381 g/mol. The van der Waals surface area contributed by atoms with E-state index in [9.17, 15) is 29.4 Å². The molecular weight excluding hydrogens is 358 g/mol. The quantitative estimate of drug-likeness (QED) is 0.259. The predicted molar refractivity (Wildman–Crippen MR) is 93.6 cm³/mol. The van der Waals surface area contributed by atoms with E-state index < -0.39 is 48.4 Å². The van der Waals surface area contributed by atoms with Crippen molar-refractivity contribution in [1.82, 2.24) is 10.6 Å². The van der Waals surface area contributed by atoms with Crippen LogP contribution in [0.2, 0.25) is 0 Å². The van der Waals surface area contributed by atoms with Crippen molar-refractivity contribution in [3.63, 3.8) is 0 Å². The Kier molecular flexibility index (Phi) is 8.36. The van der Waals surface area contributed by atoms with E-state index in [4.69, 9.17) is 10.8 Å². The Morgan fingerprint density at radius 1 is 1.15 bits per heavy atom. The second kappa shape index (κ2) is 10.2. The van der Waals surface area contributed by atoms with Gasteiger partial charge in [0.25, 0.3) is 0 Å². The number of carboxylic acids is 1. The minimum absolute atomic E-state index is 0.0636. The van der Waals surface area contributed by atoms with E-state index in [2.05, 4.69) is 10.6 Å². The molecule has 0 heterocycles. The van der Waals surface area contributed by atoms with Crippen molar-refractivity contribution in [2.45, 2.75) is 44.0 Å². The topological polar surface area (TPSA) is 179 Å². The van der Waals surface area contributed by atoms with E-state index in [1.807, 2.05) is 0 Å². The molecule has 0 radical (unpaired) electrons. The number of hydrogen-bond donors (Lipinski definition) is 6. The van der Waals surface area contributed by atoms with Crippen molar-refractivity contribution in [1.29, 1.82) is 0 Å². The van der Waals surface area contributed by atoms with Crippen molar-refractivity contribution in [3.8, 4) is 5.75 Å². The fraction of sp³-hybridized carbons (Fsp3) is 0.412. The molecule has 0 aromatic heterocycles. The van der Waals surface area contributed by atoms with Crippen molar-refractivity contribution >= 4 is 24.1 Å². The van der Waals surface area contributed by atoms with Crippen molar-refractivity contribution < 1.29 is 34.5 Å². The van der Waals surface area contributed by atoms with Gasteiger partial charge in [0.1, 0.15) is 18.1 Å². The highest BCUT2D eigenvalue weighted by Gasteiger charge is 2.29. The number of nitrogens with one attached hydrogen (secondary N) is 2. The Morgan fingerprint density at radius 2 is 1.74 bits per heavy atom. The minimum Gasteiger partial charge on any atom is -0.508 e. The lowest BCUT2D eigenvalue weighted by Gasteiger charge is -2.24. The van der Waals surface area contributed by atoms with Crippen LogP contribution >= 0.6 is 0 Å². The number of carbonyl (C=O) groups excluding carboxylic acids is 3. The molecule has 0 saturated heterocycles. The first-order valence-corrected chi connectivity index (χ1v) is 8.13. The third kappa shape index (κ3) is 7.42. The van der Waals surface area contributed by atoms with Gasteiger partial charge in [-0.15, -0.1) is 0 Å². The number of carboxylic acid groups (broad SMARTS) is 1. The average Bonchev–Trinajstić information content (AvgIpc) is 2.59. The number of aromatic hydroxyl groups is 1. The number of nitrogens with two attached hydrogens (primary N) is 1. The summed E-state index contributed by atoms with van der Waals surface area (Å²) in [5, 5.41) is 32.1. The Labute approximate surface area is 155 Å². The lowest BCUT2D eigenvalue weighted by molar-refractivity contribution is -0.139. The highest BCUT2D eigenvalue weighted by molar-refractivity contribution is 5.91. The Morgan fingerprint density at radius 3 is 2.22 bits per heavy atom. The summed E-state index contributed by atoms with van der Waals surface area (Å²) in [7, 11) is 0. The summed E-state index contributed by atoms with van der Waals surface area (Å²) in [6.07, 6.45) is -1.57. The molecule has 1 aromatic rings. The first-order valence-electron chi connectivity index (χ1n) is 8.13. The SMILES string of the molecule is C[C@@H](O)[C@H](NC(=O)[C@@H](N)Cc1ccc(O)cc1)C(=O)N[C@@H](C=O)CC(=O)O. The van der Waals surface area contributed by atoms with E-state index in [0.717, 1.165) is 0 Å². The molecule has 0 fully saturated rings. The summed E-state index contributed by atoms with van der Waals surface area (Å²) in [4.78, 5) is 45.9. The molecule has 0 aliphatic heterocycles. The van der Waals surface area contributed by atoms with Gasteiger partial charge in [0.15, 0.2) is 0 Å². The van der Waals surface area contributed by atoms with Crippen LogP contribution in [0.4, 0.5) is 0 Å². The third-order valence-corrected chi connectivity index (χ3v) is 3.68. The highest BCUT2D eigenvalue weighted by Crippen LogP contribution is 2.11. The number of benzene rings is 1. The summed E-state index contributed by atoms with van der Waals surface area (Å²) in [6.45, 7) is 1.25. The first-order chi connectivity index (χ1) is 12.6. The van der Waals surface area contributed by atoms with Gasteiger partial charge in [0.2, 0.25) is 11.8 Å². The van der Waals surface area contributed by atoms with Crippen LogP contribution in [0, 0.1) is 0 Å². The van der Waals surface area contributed by atoms with Crippen LogP contribution in [-0.2, 0) is 25.6 Å². The second-order valence-corrected chi connectivity index (χ2v) is 6.05. The molecule has 10 heteroatoms. The number of phenolic OH excluding ortho intramolecular Hbond substituents is 1. The van der Waals surface area contributed by atoms with E-state index in [-0.39, 0.29) is 18.5 Å².